The van der Waals surface area contributed by atoms with Crippen molar-refractivity contribution in [1.82, 2.24) is 4.90 Å². The van der Waals surface area contributed by atoms with Gasteiger partial charge in [0.05, 0.1) is 31.4 Å². The molecule has 2 amide bonds. The van der Waals surface area contributed by atoms with E-state index in [1.165, 1.54) is 4.90 Å². The molecule has 2 aliphatic rings. The zero-order valence-corrected chi connectivity index (χ0v) is 13.4. The summed E-state index contributed by atoms with van der Waals surface area (Å²) in [4.78, 5) is 28.8. The lowest BCUT2D eigenvalue weighted by Gasteiger charge is -2.30. The topological polar surface area (TPSA) is 49.9 Å². The minimum absolute atomic E-state index is 0.0954. The van der Waals surface area contributed by atoms with Crippen LogP contribution in [0.2, 0.25) is 0 Å². The van der Waals surface area contributed by atoms with Crippen LogP contribution in [0.5, 0.6) is 0 Å². The number of hydrogen-bond donors (Lipinski definition) is 0. The van der Waals surface area contributed by atoms with E-state index < -0.39 is 0 Å². The Labute approximate surface area is 130 Å². The Morgan fingerprint density at radius 3 is 2.23 bits per heavy atom. The highest BCUT2D eigenvalue weighted by Crippen LogP contribution is 2.32. The van der Waals surface area contributed by atoms with E-state index >= 15 is 0 Å². The molecule has 22 heavy (non-hydrogen) atoms. The zero-order valence-electron chi connectivity index (χ0n) is 13.4. The smallest absolute Gasteiger partial charge is 0.251 e. The molecule has 118 valence electrons. The molecule has 0 aliphatic carbocycles. The SMILES string of the molecule is Cc1cc(C)c(N2C(=O)C[C@H](N3CCOCC3)C2=O)c(C)c1. The molecule has 2 saturated heterocycles. The van der Waals surface area contributed by atoms with Crippen molar-refractivity contribution in [2.24, 2.45) is 0 Å². The number of anilines is 1. The van der Waals surface area contributed by atoms with Crippen LogP contribution in [-0.2, 0) is 14.3 Å². The average molecular weight is 302 g/mol. The van der Waals surface area contributed by atoms with E-state index in [1.54, 1.807) is 0 Å². The Hall–Kier alpha value is -1.72. The maximum atomic E-state index is 12.8. The van der Waals surface area contributed by atoms with Crippen molar-refractivity contribution in [2.45, 2.75) is 33.2 Å². The van der Waals surface area contributed by atoms with Gasteiger partial charge in [-0.1, -0.05) is 17.7 Å². The molecule has 0 aromatic heterocycles. The first kappa shape index (κ1) is 15.2. The van der Waals surface area contributed by atoms with Gasteiger partial charge in [-0.3, -0.25) is 14.5 Å². The van der Waals surface area contributed by atoms with Crippen LogP contribution in [0.4, 0.5) is 5.69 Å². The van der Waals surface area contributed by atoms with Crippen LogP contribution in [0, 0.1) is 20.8 Å². The van der Waals surface area contributed by atoms with Gasteiger partial charge in [0.2, 0.25) is 5.91 Å². The molecule has 0 radical (unpaired) electrons. The summed E-state index contributed by atoms with van der Waals surface area (Å²) < 4.78 is 5.33. The Kier molecular flexibility index (Phi) is 4.02. The summed E-state index contributed by atoms with van der Waals surface area (Å²) in [7, 11) is 0. The van der Waals surface area contributed by atoms with E-state index in [4.69, 9.17) is 4.74 Å². The van der Waals surface area contributed by atoms with E-state index in [0.717, 1.165) is 22.4 Å². The summed E-state index contributed by atoms with van der Waals surface area (Å²) in [5, 5.41) is 0. The summed E-state index contributed by atoms with van der Waals surface area (Å²) in [5.74, 6) is -0.196. The number of ether oxygens (including phenoxy) is 1. The first-order valence-electron chi connectivity index (χ1n) is 7.75. The van der Waals surface area contributed by atoms with Crippen LogP contribution in [0.3, 0.4) is 0 Å². The Balaban J connectivity index is 1.92. The van der Waals surface area contributed by atoms with E-state index in [2.05, 4.69) is 4.90 Å². The number of nitrogens with zero attached hydrogens (tertiary/aromatic N) is 2. The minimum Gasteiger partial charge on any atom is -0.379 e. The van der Waals surface area contributed by atoms with E-state index in [-0.39, 0.29) is 24.3 Å². The zero-order chi connectivity index (χ0) is 15.9. The highest BCUT2D eigenvalue weighted by Gasteiger charge is 2.43. The number of benzene rings is 1. The van der Waals surface area contributed by atoms with Crippen LogP contribution >= 0.6 is 0 Å². The fourth-order valence-electron chi connectivity index (χ4n) is 3.55. The molecule has 5 nitrogen and oxygen atoms in total. The van der Waals surface area contributed by atoms with Crippen LogP contribution in [-0.4, -0.2) is 49.1 Å². The predicted molar refractivity (Wildman–Crippen MR) is 83.9 cm³/mol. The molecule has 2 heterocycles. The Morgan fingerprint density at radius 1 is 1.05 bits per heavy atom. The summed E-state index contributed by atoms with van der Waals surface area (Å²) in [6.45, 7) is 8.61. The van der Waals surface area contributed by atoms with E-state index in [0.29, 0.717) is 26.3 Å². The highest BCUT2D eigenvalue weighted by atomic mass is 16.5. The van der Waals surface area contributed by atoms with Crippen molar-refractivity contribution >= 4 is 17.5 Å². The van der Waals surface area contributed by atoms with Gasteiger partial charge >= 0.3 is 0 Å². The second kappa shape index (κ2) is 5.82. The molecule has 0 N–H and O–H groups in total. The third kappa shape index (κ3) is 2.55. The number of morpholine rings is 1. The van der Waals surface area contributed by atoms with Gasteiger partial charge in [-0.15, -0.1) is 0 Å². The maximum absolute atomic E-state index is 12.8. The standard InChI is InChI=1S/C17H22N2O3/c1-11-8-12(2)16(13(3)9-11)19-15(20)10-14(17(19)21)18-4-6-22-7-5-18/h8-9,14H,4-7,10H2,1-3H3/t14-/m0/s1. The molecule has 0 saturated carbocycles. The van der Waals surface area contributed by atoms with Gasteiger partial charge in [0.1, 0.15) is 0 Å². The van der Waals surface area contributed by atoms with Gasteiger partial charge in [-0.05, 0) is 31.9 Å². The van der Waals surface area contributed by atoms with Crippen LogP contribution in [0.25, 0.3) is 0 Å². The van der Waals surface area contributed by atoms with E-state index in [1.807, 2.05) is 32.9 Å². The maximum Gasteiger partial charge on any atom is 0.251 e. The number of hydrogen-bond acceptors (Lipinski definition) is 4. The molecule has 2 fully saturated rings. The fraction of sp³-hybridized carbons (Fsp3) is 0.529. The van der Waals surface area contributed by atoms with Crippen LogP contribution in [0.1, 0.15) is 23.1 Å². The number of aryl methyl sites for hydroxylation is 3. The van der Waals surface area contributed by atoms with Gasteiger partial charge in [0.15, 0.2) is 0 Å². The molecule has 1 atom stereocenters. The summed E-state index contributed by atoms with van der Waals surface area (Å²) in [5.41, 5.74) is 3.85. The molecule has 5 heteroatoms. The van der Waals surface area contributed by atoms with Crippen molar-refractivity contribution in [3.8, 4) is 0 Å². The van der Waals surface area contributed by atoms with Crippen molar-refractivity contribution in [2.75, 3.05) is 31.2 Å². The minimum atomic E-state index is -0.337. The van der Waals surface area contributed by atoms with Crippen molar-refractivity contribution in [1.29, 1.82) is 0 Å². The lowest BCUT2D eigenvalue weighted by molar-refractivity contribution is -0.123. The number of imide groups is 1. The lowest BCUT2D eigenvalue weighted by Crippen LogP contribution is -2.47. The summed E-state index contributed by atoms with van der Waals surface area (Å²) >= 11 is 0. The largest absolute Gasteiger partial charge is 0.379 e. The third-order valence-corrected chi connectivity index (χ3v) is 4.47. The molecular formula is C17H22N2O3. The lowest BCUT2D eigenvalue weighted by atomic mass is 10.0. The summed E-state index contributed by atoms with van der Waals surface area (Å²) in [6.07, 6.45) is 0.269. The first-order valence-corrected chi connectivity index (χ1v) is 7.75. The fourth-order valence-corrected chi connectivity index (χ4v) is 3.55. The third-order valence-electron chi connectivity index (χ3n) is 4.47. The van der Waals surface area contributed by atoms with Crippen molar-refractivity contribution < 1.29 is 14.3 Å². The molecule has 1 aromatic rings. The molecule has 0 spiro atoms. The van der Waals surface area contributed by atoms with Gasteiger partial charge in [0, 0.05) is 13.1 Å². The Bertz CT molecular complexity index is 597. The number of carbonyl (C=O) groups is 2. The molecule has 0 bridgehead atoms. The van der Waals surface area contributed by atoms with Crippen molar-refractivity contribution in [3.05, 3.63) is 28.8 Å². The van der Waals surface area contributed by atoms with Crippen LogP contribution < -0.4 is 4.90 Å². The van der Waals surface area contributed by atoms with Gasteiger partial charge in [-0.2, -0.15) is 0 Å². The number of amides is 2. The van der Waals surface area contributed by atoms with Gasteiger partial charge in [-0.25, -0.2) is 4.90 Å². The Morgan fingerprint density at radius 2 is 1.64 bits per heavy atom. The monoisotopic (exact) mass is 302 g/mol. The van der Waals surface area contributed by atoms with Gasteiger partial charge in [0.25, 0.3) is 5.91 Å². The van der Waals surface area contributed by atoms with Crippen molar-refractivity contribution in [3.63, 3.8) is 0 Å². The molecule has 0 unspecified atom stereocenters. The normalized spacial score (nSPS) is 23.4. The van der Waals surface area contributed by atoms with Gasteiger partial charge < -0.3 is 4.74 Å². The highest BCUT2D eigenvalue weighted by molar-refractivity contribution is 6.23. The molecule has 1 aromatic carbocycles. The first-order chi connectivity index (χ1) is 10.5. The number of rotatable bonds is 2. The predicted octanol–water partition coefficient (Wildman–Crippen LogP) is 1.58. The summed E-state index contributed by atoms with van der Waals surface area (Å²) in [6, 6.07) is 3.70. The quantitative estimate of drug-likeness (QED) is 0.778. The second-order valence-corrected chi connectivity index (χ2v) is 6.18. The van der Waals surface area contributed by atoms with E-state index in [9.17, 15) is 9.59 Å². The molecular weight excluding hydrogens is 280 g/mol. The molecule has 3 rings (SSSR count). The average Bonchev–Trinajstić information content (AvgIpc) is 2.75. The number of carbonyl (C=O) groups excluding carboxylic acids is 2. The molecule has 2 aliphatic heterocycles. The second-order valence-electron chi connectivity index (χ2n) is 6.18. The van der Waals surface area contributed by atoms with Crippen LogP contribution in [0.15, 0.2) is 12.1 Å².